The van der Waals surface area contributed by atoms with Gasteiger partial charge < -0.3 is 9.63 Å². The van der Waals surface area contributed by atoms with Crippen molar-refractivity contribution in [2.45, 2.75) is 39.2 Å². The van der Waals surface area contributed by atoms with Crippen molar-refractivity contribution in [3.05, 3.63) is 11.7 Å². The largest absolute Gasteiger partial charge is 0.477 e. The minimum Gasteiger partial charge on any atom is -0.477 e. The molecule has 0 saturated carbocycles. The number of amides is 1. The number of hydrogen-bond donors (Lipinski definition) is 1. The zero-order valence-electron chi connectivity index (χ0n) is 10.5. The van der Waals surface area contributed by atoms with E-state index in [1.54, 1.807) is 0 Å². The predicted octanol–water partition coefficient (Wildman–Crippen LogP) is 0.585. The second-order valence-corrected chi connectivity index (χ2v) is 4.16. The maximum absolute atomic E-state index is 11.6. The number of carbonyl (C=O) groups is 2. The lowest BCUT2D eigenvalue weighted by atomic mass is 10.2. The molecule has 1 aromatic rings. The van der Waals surface area contributed by atoms with Crippen molar-refractivity contribution >= 4 is 17.6 Å². The number of nitrogens with zero attached hydrogens (tertiary/aromatic N) is 4. The van der Waals surface area contributed by atoms with E-state index in [1.807, 2.05) is 6.92 Å². The van der Waals surface area contributed by atoms with Gasteiger partial charge in [0.25, 0.3) is 0 Å². The van der Waals surface area contributed by atoms with Crippen LogP contribution in [0.3, 0.4) is 0 Å². The van der Waals surface area contributed by atoms with E-state index < -0.39 is 5.97 Å². The lowest BCUT2D eigenvalue weighted by Gasteiger charge is -2.20. The van der Waals surface area contributed by atoms with Crippen LogP contribution in [0.1, 0.15) is 37.9 Å². The molecule has 0 bridgehead atoms. The van der Waals surface area contributed by atoms with Crippen molar-refractivity contribution in [1.82, 2.24) is 15.1 Å². The fraction of sp³-hybridized carbons (Fsp3) is 0.545. The van der Waals surface area contributed by atoms with Crippen molar-refractivity contribution in [3.63, 3.8) is 0 Å². The predicted molar refractivity (Wildman–Crippen MR) is 63.1 cm³/mol. The van der Waals surface area contributed by atoms with Crippen molar-refractivity contribution in [2.24, 2.45) is 5.10 Å². The molecule has 0 spiro atoms. The molecule has 0 radical (unpaired) electrons. The highest BCUT2D eigenvalue weighted by Gasteiger charge is 2.25. The van der Waals surface area contributed by atoms with Crippen LogP contribution in [-0.2, 0) is 22.6 Å². The standard InChI is InChI=1S/C11H14N4O4/c1-2-3-8-12-9(19-14-8)6-15-10(16)5-4-7(13-15)11(17)18/h2-6H2,1H3,(H,17,18). The summed E-state index contributed by atoms with van der Waals surface area (Å²) in [6.07, 6.45) is 1.86. The van der Waals surface area contributed by atoms with Crippen LogP contribution in [0.15, 0.2) is 9.62 Å². The van der Waals surface area contributed by atoms with E-state index in [2.05, 4.69) is 15.2 Å². The Morgan fingerprint density at radius 1 is 1.47 bits per heavy atom. The van der Waals surface area contributed by atoms with Crippen LogP contribution in [0.5, 0.6) is 0 Å². The lowest BCUT2D eigenvalue weighted by molar-refractivity contribution is -0.133. The van der Waals surface area contributed by atoms with E-state index in [4.69, 9.17) is 9.63 Å². The van der Waals surface area contributed by atoms with Gasteiger partial charge in [0.2, 0.25) is 11.8 Å². The first-order valence-electron chi connectivity index (χ1n) is 6.02. The van der Waals surface area contributed by atoms with Gasteiger partial charge in [0, 0.05) is 19.3 Å². The summed E-state index contributed by atoms with van der Waals surface area (Å²) in [5, 5.41) is 17.5. The van der Waals surface area contributed by atoms with Crippen LogP contribution in [0.25, 0.3) is 0 Å². The van der Waals surface area contributed by atoms with Gasteiger partial charge in [-0.15, -0.1) is 0 Å². The number of carbonyl (C=O) groups excluding carboxylic acids is 1. The van der Waals surface area contributed by atoms with E-state index in [9.17, 15) is 9.59 Å². The number of aromatic nitrogens is 2. The molecule has 1 aromatic heterocycles. The third-order valence-corrected chi connectivity index (χ3v) is 2.62. The highest BCUT2D eigenvalue weighted by atomic mass is 16.5. The molecular weight excluding hydrogens is 252 g/mol. The van der Waals surface area contributed by atoms with Crippen LogP contribution >= 0.6 is 0 Å². The van der Waals surface area contributed by atoms with Gasteiger partial charge in [0.1, 0.15) is 12.3 Å². The van der Waals surface area contributed by atoms with Crippen LogP contribution in [0.2, 0.25) is 0 Å². The lowest BCUT2D eigenvalue weighted by Crippen LogP contribution is -2.33. The highest BCUT2D eigenvalue weighted by Crippen LogP contribution is 2.13. The summed E-state index contributed by atoms with van der Waals surface area (Å²) >= 11 is 0. The summed E-state index contributed by atoms with van der Waals surface area (Å²) in [5.41, 5.74) is -0.0344. The molecule has 1 aliphatic heterocycles. The van der Waals surface area contributed by atoms with Crippen LogP contribution in [-0.4, -0.2) is 37.8 Å². The minimum atomic E-state index is -1.12. The number of carboxylic acid groups (broad SMARTS) is 1. The first-order valence-corrected chi connectivity index (χ1v) is 6.02. The second-order valence-electron chi connectivity index (χ2n) is 4.16. The smallest absolute Gasteiger partial charge is 0.352 e. The van der Waals surface area contributed by atoms with Crippen molar-refractivity contribution in [1.29, 1.82) is 0 Å². The number of carboxylic acids is 1. The summed E-state index contributed by atoms with van der Waals surface area (Å²) < 4.78 is 4.99. The van der Waals surface area contributed by atoms with Gasteiger partial charge in [0.15, 0.2) is 5.82 Å². The van der Waals surface area contributed by atoms with E-state index in [0.717, 1.165) is 11.4 Å². The topological polar surface area (TPSA) is 109 Å². The zero-order valence-corrected chi connectivity index (χ0v) is 10.5. The van der Waals surface area contributed by atoms with Crippen molar-refractivity contribution in [3.8, 4) is 0 Å². The molecule has 0 unspecified atom stereocenters. The molecule has 1 amide bonds. The van der Waals surface area contributed by atoms with E-state index >= 15 is 0 Å². The Labute approximate surface area is 109 Å². The number of aliphatic carboxylic acids is 1. The molecule has 0 atom stereocenters. The number of rotatable bonds is 5. The maximum Gasteiger partial charge on any atom is 0.352 e. The fourth-order valence-corrected chi connectivity index (χ4v) is 1.69. The van der Waals surface area contributed by atoms with Gasteiger partial charge in [-0.1, -0.05) is 12.1 Å². The van der Waals surface area contributed by atoms with Gasteiger partial charge in [-0.05, 0) is 6.42 Å². The van der Waals surface area contributed by atoms with Crippen molar-refractivity contribution < 1.29 is 19.2 Å². The number of hydrazone groups is 1. The van der Waals surface area contributed by atoms with Gasteiger partial charge in [0.05, 0.1) is 0 Å². The summed E-state index contributed by atoms with van der Waals surface area (Å²) in [6, 6.07) is 0. The normalized spacial score (nSPS) is 15.5. The minimum absolute atomic E-state index is 0.00628. The number of hydrogen-bond acceptors (Lipinski definition) is 6. The van der Waals surface area contributed by atoms with Gasteiger partial charge in [-0.2, -0.15) is 10.1 Å². The monoisotopic (exact) mass is 266 g/mol. The van der Waals surface area contributed by atoms with E-state index in [0.29, 0.717) is 12.2 Å². The Morgan fingerprint density at radius 3 is 2.95 bits per heavy atom. The van der Waals surface area contributed by atoms with Gasteiger partial charge >= 0.3 is 5.97 Å². The summed E-state index contributed by atoms with van der Waals surface area (Å²) in [6.45, 7) is 2.00. The SMILES string of the molecule is CCCc1noc(CN2N=C(C(=O)O)CCC2=O)n1. The molecule has 8 nitrogen and oxygen atoms in total. The van der Waals surface area contributed by atoms with Gasteiger partial charge in [-0.25, -0.2) is 9.80 Å². The zero-order chi connectivity index (χ0) is 13.8. The van der Waals surface area contributed by atoms with Crippen LogP contribution in [0, 0.1) is 0 Å². The third-order valence-electron chi connectivity index (χ3n) is 2.62. The molecule has 0 saturated heterocycles. The fourth-order valence-electron chi connectivity index (χ4n) is 1.69. The van der Waals surface area contributed by atoms with Crippen LogP contribution < -0.4 is 0 Å². The molecule has 0 aromatic carbocycles. The molecule has 1 N–H and O–H groups in total. The Bertz CT molecular complexity index is 523. The first kappa shape index (κ1) is 13.2. The molecule has 1 aliphatic rings. The highest BCUT2D eigenvalue weighted by molar-refractivity contribution is 6.36. The third kappa shape index (κ3) is 3.15. The first-order chi connectivity index (χ1) is 9.10. The Balaban J connectivity index is 2.09. The molecule has 8 heteroatoms. The van der Waals surface area contributed by atoms with E-state index in [1.165, 1.54) is 0 Å². The molecule has 0 aliphatic carbocycles. The summed E-state index contributed by atoms with van der Waals surface area (Å²) in [4.78, 5) is 26.6. The molecule has 0 fully saturated rings. The molecule has 102 valence electrons. The number of aryl methyl sites for hydroxylation is 1. The summed E-state index contributed by atoms with van der Waals surface area (Å²) in [5.74, 6) is -0.536. The van der Waals surface area contributed by atoms with E-state index in [-0.39, 0.29) is 36.9 Å². The average Bonchev–Trinajstić information content (AvgIpc) is 2.80. The Morgan fingerprint density at radius 2 is 2.26 bits per heavy atom. The summed E-state index contributed by atoms with van der Waals surface area (Å²) in [7, 11) is 0. The Kier molecular flexibility index (Phi) is 3.88. The molecule has 2 rings (SSSR count). The van der Waals surface area contributed by atoms with Crippen molar-refractivity contribution in [2.75, 3.05) is 0 Å². The second kappa shape index (κ2) is 5.59. The van der Waals surface area contributed by atoms with Crippen LogP contribution in [0.4, 0.5) is 0 Å². The quantitative estimate of drug-likeness (QED) is 0.835. The average molecular weight is 266 g/mol. The molecule has 2 heterocycles. The van der Waals surface area contributed by atoms with Gasteiger partial charge in [-0.3, -0.25) is 4.79 Å². The maximum atomic E-state index is 11.6. The Hall–Kier alpha value is -2.25. The molecular formula is C11H14N4O4. The molecule has 19 heavy (non-hydrogen) atoms.